The summed E-state index contributed by atoms with van der Waals surface area (Å²) in [6.45, 7) is 2.74. The molecule has 0 spiro atoms. The molecule has 2 heterocycles. The van der Waals surface area contributed by atoms with Crippen LogP contribution in [0.1, 0.15) is 43.0 Å². The van der Waals surface area contributed by atoms with E-state index in [0.717, 1.165) is 18.5 Å². The predicted octanol–water partition coefficient (Wildman–Crippen LogP) is 2.57. The smallest absolute Gasteiger partial charge is 0.251 e. The summed E-state index contributed by atoms with van der Waals surface area (Å²) in [5, 5.41) is 3.06. The fourth-order valence-corrected chi connectivity index (χ4v) is 3.27. The van der Waals surface area contributed by atoms with Gasteiger partial charge in [-0.05, 0) is 56.2 Å². The van der Waals surface area contributed by atoms with Crippen LogP contribution in [-0.4, -0.2) is 46.2 Å². The molecule has 1 aromatic carbocycles. The van der Waals surface area contributed by atoms with Crippen LogP contribution >= 0.6 is 0 Å². The van der Waals surface area contributed by atoms with Crippen molar-refractivity contribution in [1.82, 2.24) is 14.8 Å². The molecule has 1 aliphatic heterocycles. The second-order valence-electron chi connectivity index (χ2n) is 6.97. The number of carbonyl (C=O) groups is 3. The third kappa shape index (κ3) is 5.06. The summed E-state index contributed by atoms with van der Waals surface area (Å²) in [5.41, 5.74) is 1.64. The first kappa shape index (κ1) is 18.9. The molecule has 3 rings (SSSR count). The van der Waals surface area contributed by atoms with Gasteiger partial charge in [-0.2, -0.15) is 0 Å². The van der Waals surface area contributed by atoms with Crippen LogP contribution in [0.25, 0.3) is 5.69 Å². The number of carbonyl (C=O) groups excluding carboxylic acids is 3. The van der Waals surface area contributed by atoms with E-state index in [1.54, 1.807) is 4.90 Å². The Hall–Kier alpha value is -2.89. The number of Topliss-reactive ketones (excluding diaryl/α,β-unsaturated/α-hetero) is 1. The second kappa shape index (κ2) is 8.66. The first-order valence-corrected chi connectivity index (χ1v) is 9.34. The first-order chi connectivity index (χ1) is 13.0. The summed E-state index contributed by atoms with van der Waals surface area (Å²) in [6.07, 6.45) is 5.97. The molecule has 0 atom stereocenters. The highest BCUT2D eigenvalue weighted by Crippen LogP contribution is 2.14. The summed E-state index contributed by atoms with van der Waals surface area (Å²) in [7, 11) is 0. The molecule has 0 unspecified atom stereocenters. The van der Waals surface area contributed by atoms with Gasteiger partial charge in [0.2, 0.25) is 5.91 Å². The topological polar surface area (TPSA) is 71.4 Å². The lowest BCUT2D eigenvalue weighted by Crippen LogP contribution is -2.46. The monoisotopic (exact) mass is 367 g/mol. The van der Waals surface area contributed by atoms with E-state index in [2.05, 4.69) is 5.32 Å². The molecule has 6 heteroatoms. The molecule has 142 valence electrons. The van der Waals surface area contributed by atoms with Crippen LogP contribution in [-0.2, 0) is 9.59 Å². The van der Waals surface area contributed by atoms with Gasteiger partial charge >= 0.3 is 0 Å². The maximum Gasteiger partial charge on any atom is 0.251 e. The maximum atomic E-state index is 12.5. The van der Waals surface area contributed by atoms with Gasteiger partial charge in [-0.3, -0.25) is 9.59 Å². The van der Waals surface area contributed by atoms with Crippen molar-refractivity contribution < 1.29 is 14.4 Å². The Bertz CT molecular complexity index is 789. The number of amides is 2. The van der Waals surface area contributed by atoms with Crippen molar-refractivity contribution in [3.8, 4) is 5.69 Å². The highest BCUT2D eigenvalue weighted by molar-refractivity contribution is 5.94. The molecular weight excluding hydrogens is 342 g/mol. The van der Waals surface area contributed by atoms with Crippen molar-refractivity contribution in [2.45, 2.75) is 38.6 Å². The SMILES string of the molecule is CC(=O)CCC(=O)N1CCC(NC(=O)c2ccc(-n3cccc3)cc2)CC1. The lowest BCUT2D eigenvalue weighted by Gasteiger charge is -2.32. The summed E-state index contributed by atoms with van der Waals surface area (Å²) in [5.74, 6) is -0.0284. The fourth-order valence-electron chi connectivity index (χ4n) is 3.27. The zero-order valence-electron chi connectivity index (χ0n) is 15.6. The average molecular weight is 367 g/mol. The Morgan fingerprint density at radius 1 is 1.00 bits per heavy atom. The van der Waals surface area contributed by atoms with E-state index in [1.165, 1.54) is 6.92 Å². The molecule has 27 heavy (non-hydrogen) atoms. The number of hydrogen-bond acceptors (Lipinski definition) is 3. The molecule has 1 fully saturated rings. The van der Waals surface area contributed by atoms with E-state index in [4.69, 9.17) is 0 Å². The number of benzene rings is 1. The highest BCUT2D eigenvalue weighted by atomic mass is 16.2. The minimum atomic E-state index is -0.0876. The lowest BCUT2D eigenvalue weighted by molar-refractivity contribution is -0.133. The number of aromatic nitrogens is 1. The van der Waals surface area contributed by atoms with Crippen LogP contribution in [0.5, 0.6) is 0 Å². The van der Waals surface area contributed by atoms with Crippen LogP contribution in [0.4, 0.5) is 0 Å². The number of nitrogens with zero attached hydrogens (tertiary/aromatic N) is 2. The van der Waals surface area contributed by atoms with Gasteiger partial charge in [0.05, 0.1) is 0 Å². The van der Waals surface area contributed by atoms with Gasteiger partial charge in [0.15, 0.2) is 0 Å². The van der Waals surface area contributed by atoms with Crippen LogP contribution in [0.3, 0.4) is 0 Å². The molecule has 0 radical (unpaired) electrons. The number of likely N-dealkylation sites (tertiary alicyclic amines) is 1. The number of ketones is 1. The summed E-state index contributed by atoms with van der Waals surface area (Å²) in [6, 6.07) is 11.5. The van der Waals surface area contributed by atoms with E-state index in [1.807, 2.05) is 53.4 Å². The quantitative estimate of drug-likeness (QED) is 0.853. The Morgan fingerprint density at radius 3 is 2.22 bits per heavy atom. The first-order valence-electron chi connectivity index (χ1n) is 9.34. The Balaban J connectivity index is 1.48. The average Bonchev–Trinajstić information content (AvgIpc) is 3.21. The van der Waals surface area contributed by atoms with Gasteiger partial charge in [-0.15, -0.1) is 0 Å². The van der Waals surface area contributed by atoms with Crippen molar-refractivity contribution in [2.24, 2.45) is 0 Å². The molecule has 1 aromatic heterocycles. The second-order valence-corrected chi connectivity index (χ2v) is 6.97. The lowest BCUT2D eigenvalue weighted by atomic mass is 10.0. The van der Waals surface area contributed by atoms with Crippen LogP contribution in [0.2, 0.25) is 0 Å². The summed E-state index contributed by atoms with van der Waals surface area (Å²) < 4.78 is 1.99. The van der Waals surface area contributed by atoms with Gasteiger partial charge in [-0.25, -0.2) is 0 Å². The van der Waals surface area contributed by atoms with Crippen molar-refractivity contribution in [3.63, 3.8) is 0 Å². The standard InChI is InChI=1S/C21H25N3O3/c1-16(25)4-9-20(26)24-14-10-18(11-15-24)22-21(27)17-5-7-19(8-6-17)23-12-2-3-13-23/h2-3,5-8,12-13,18H,4,9-11,14-15H2,1H3,(H,22,27). The molecular formula is C21H25N3O3. The van der Waals surface area contributed by atoms with Gasteiger partial charge in [0, 0.05) is 55.6 Å². The Labute approximate surface area is 159 Å². The van der Waals surface area contributed by atoms with Gasteiger partial charge in [-0.1, -0.05) is 0 Å². The van der Waals surface area contributed by atoms with Crippen molar-refractivity contribution in [3.05, 3.63) is 54.4 Å². The minimum absolute atomic E-state index is 0.0237. The van der Waals surface area contributed by atoms with Crippen LogP contribution < -0.4 is 5.32 Å². The van der Waals surface area contributed by atoms with E-state index in [0.29, 0.717) is 25.1 Å². The molecule has 0 aliphatic carbocycles. The fraction of sp³-hybridized carbons (Fsp3) is 0.381. The number of nitrogens with one attached hydrogen (secondary N) is 1. The third-order valence-electron chi connectivity index (χ3n) is 4.91. The van der Waals surface area contributed by atoms with E-state index >= 15 is 0 Å². The zero-order chi connectivity index (χ0) is 19.2. The summed E-state index contributed by atoms with van der Waals surface area (Å²) in [4.78, 5) is 37.3. The number of hydrogen-bond donors (Lipinski definition) is 1. The van der Waals surface area contributed by atoms with Crippen molar-refractivity contribution in [1.29, 1.82) is 0 Å². The Kier molecular flexibility index (Phi) is 6.06. The third-order valence-corrected chi connectivity index (χ3v) is 4.91. The van der Waals surface area contributed by atoms with E-state index < -0.39 is 0 Å². The molecule has 1 aliphatic rings. The van der Waals surface area contributed by atoms with Crippen LogP contribution in [0.15, 0.2) is 48.8 Å². The zero-order valence-corrected chi connectivity index (χ0v) is 15.6. The van der Waals surface area contributed by atoms with Gasteiger partial charge in [0.1, 0.15) is 5.78 Å². The largest absolute Gasteiger partial charge is 0.349 e. The van der Waals surface area contributed by atoms with Gasteiger partial charge in [0.25, 0.3) is 5.91 Å². The molecule has 1 saturated heterocycles. The van der Waals surface area contributed by atoms with Crippen LogP contribution in [0, 0.1) is 0 Å². The highest BCUT2D eigenvalue weighted by Gasteiger charge is 2.24. The number of rotatable bonds is 6. The maximum absolute atomic E-state index is 12.5. The normalized spacial score (nSPS) is 14.8. The summed E-state index contributed by atoms with van der Waals surface area (Å²) >= 11 is 0. The Morgan fingerprint density at radius 2 is 1.63 bits per heavy atom. The number of piperidine rings is 1. The molecule has 6 nitrogen and oxygen atoms in total. The molecule has 2 amide bonds. The predicted molar refractivity (Wildman–Crippen MR) is 103 cm³/mol. The van der Waals surface area contributed by atoms with E-state index in [9.17, 15) is 14.4 Å². The van der Waals surface area contributed by atoms with E-state index in [-0.39, 0.29) is 30.1 Å². The van der Waals surface area contributed by atoms with Crippen molar-refractivity contribution >= 4 is 17.6 Å². The molecule has 2 aromatic rings. The molecule has 0 saturated carbocycles. The van der Waals surface area contributed by atoms with Gasteiger partial charge < -0.3 is 19.6 Å². The van der Waals surface area contributed by atoms with Crippen molar-refractivity contribution in [2.75, 3.05) is 13.1 Å². The minimum Gasteiger partial charge on any atom is -0.349 e. The molecule has 0 bridgehead atoms. The molecule has 1 N–H and O–H groups in total.